The zero-order chi connectivity index (χ0) is 39.0. The van der Waals surface area contributed by atoms with Crippen LogP contribution in [0.2, 0.25) is 0 Å². The summed E-state index contributed by atoms with van der Waals surface area (Å²) >= 11 is -5.48. The Bertz CT molecular complexity index is 1110. The molecule has 0 aliphatic carbocycles. The van der Waals surface area contributed by atoms with Gasteiger partial charge in [0, 0.05) is 0 Å². The molecule has 53 heavy (non-hydrogen) atoms. The van der Waals surface area contributed by atoms with E-state index in [1.165, 1.54) is 165 Å². The van der Waals surface area contributed by atoms with Crippen molar-refractivity contribution in [2.24, 2.45) is 0 Å². The Labute approximate surface area is 334 Å². The molecule has 0 aliphatic rings. The maximum absolute atomic E-state index is 13.8. The summed E-state index contributed by atoms with van der Waals surface area (Å²) in [6.45, 7) is 10.1. The van der Waals surface area contributed by atoms with Crippen LogP contribution in [0.5, 0.6) is 0 Å². The van der Waals surface area contributed by atoms with Crippen LogP contribution in [0.1, 0.15) is 244 Å². The molecule has 0 aromatic heterocycles. The Balaban J connectivity index is 3.10. The van der Waals surface area contributed by atoms with Gasteiger partial charge < -0.3 is 0 Å². The third-order valence-corrected chi connectivity index (χ3v) is 15.3. The SMILES string of the molecule is CCCCCCCCCCCCc1ccc(S(=O)(=O)[O][Ti]([OH])([OH])[O]C(C)C)c(CCCCCCCCCCCC)c1CCCCCCCCCCCC. The van der Waals surface area contributed by atoms with E-state index < -0.39 is 34.4 Å². The van der Waals surface area contributed by atoms with E-state index in [4.69, 9.17) is 6.08 Å². The van der Waals surface area contributed by atoms with Crippen molar-refractivity contribution in [3.63, 3.8) is 0 Å². The van der Waals surface area contributed by atoms with Crippen molar-refractivity contribution in [3.05, 3.63) is 28.8 Å². The Morgan fingerprint density at radius 1 is 0.491 bits per heavy atom. The average molecular weight is 803 g/mol. The van der Waals surface area contributed by atoms with Gasteiger partial charge in [0.2, 0.25) is 0 Å². The van der Waals surface area contributed by atoms with Gasteiger partial charge in [-0.1, -0.05) is 97.8 Å². The third-order valence-electron chi connectivity index (χ3n) is 10.7. The minimum atomic E-state index is -5.48. The second-order valence-electron chi connectivity index (χ2n) is 16.2. The number of hydrogen-bond acceptors (Lipinski definition) is 6. The minimum absolute atomic E-state index is 0.104. The summed E-state index contributed by atoms with van der Waals surface area (Å²) < 4.78 is 59.1. The van der Waals surface area contributed by atoms with Crippen LogP contribution in [0.3, 0.4) is 0 Å². The summed E-state index contributed by atoms with van der Waals surface area (Å²) in [6.07, 6.45) is 39.6. The van der Waals surface area contributed by atoms with Crippen LogP contribution in [0.25, 0.3) is 0 Å². The first-order chi connectivity index (χ1) is 25.6. The van der Waals surface area contributed by atoms with E-state index in [2.05, 4.69) is 20.8 Å². The topological polar surface area (TPSA) is 93.1 Å². The predicted octanol–water partition coefficient (Wildman–Crippen LogP) is 14.0. The molecule has 0 radical (unpaired) electrons. The third kappa shape index (κ3) is 26.3. The van der Waals surface area contributed by atoms with E-state index >= 15 is 0 Å². The summed E-state index contributed by atoms with van der Waals surface area (Å²) in [4.78, 5) is 0.104. The Morgan fingerprint density at radius 3 is 1.17 bits per heavy atom. The van der Waals surface area contributed by atoms with Crippen molar-refractivity contribution in [2.45, 2.75) is 258 Å². The fraction of sp³-hybridized carbons (Fsp3) is 0.867. The van der Waals surface area contributed by atoms with Crippen molar-refractivity contribution < 1.29 is 40.0 Å². The van der Waals surface area contributed by atoms with Crippen molar-refractivity contribution in [1.29, 1.82) is 0 Å². The summed E-state index contributed by atoms with van der Waals surface area (Å²) in [5.74, 6) is 0. The van der Waals surface area contributed by atoms with E-state index in [1.54, 1.807) is 19.9 Å². The number of unbranched alkanes of at least 4 members (excludes halogenated alkanes) is 27. The maximum atomic E-state index is 13.8. The van der Waals surface area contributed by atoms with Crippen LogP contribution >= 0.6 is 0 Å². The normalized spacial score (nSPS) is 12.4. The van der Waals surface area contributed by atoms with Crippen molar-refractivity contribution in [1.82, 2.24) is 0 Å². The Morgan fingerprint density at radius 2 is 0.811 bits per heavy atom. The second kappa shape index (κ2) is 32.8. The molecular formula is C45H86O6STi. The van der Waals surface area contributed by atoms with E-state index in [0.29, 0.717) is 6.42 Å². The van der Waals surface area contributed by atoms with Crippen LogP contribution < -0.4 is 0 Å². The molecule has 0 heterocycles. The Kier molecular flexibility index (Phi) is 31.4. The monoisotopic (exact) mass is 803 g/mol. The van der Waals surface area contributed by atoms with Gasteiger partial charge in [0.05, 0.1) is 0 Å². The van der Waals surface area contributed by atoms with Crippen LogP contribution in [0, 0.1) is 0 Å². The molecule has 0 spiro atoms. The zero-order valence-electron chi connectivity index (χ0n) is 35.5. The number of rotatable bonds is 38. The Hall–Kier alpha value is -0.276. The van der Waals surface area contributed by atoms with Crippen LogP contribution in [0.4, 0.5) is 0 Å². The van der Waals surface area contributed by atoms with Gasteiger partial charge in [0.1, 0.15) is 0 Å². The standard InChI is InChI=1S/C42H78O3S.C3H7O.2H2O.Ti/c1-4-7-10-13-16-19-22-25-28-31-34-39-37-38-42(46(43,44)45)41(36-33-30-27-24-21-18-15-12-9-6-3)40(39)35-32-29-26-23-20-17-14-11-8-5-2;1-3(2)4;;;/h37-38H,4-36H2,1-3H3,(H,43,44,45);3H,1-2H3;2*1H2;/q;-1;;;+4/p-3. The molecule has 1 aromatic rings. The quantitative estimate of drug-likeness (QED) is 0.0511. The van der Waals surface area contributed by atoms with Gasteiger partial charge in [-0.3, -0.25) is 0 Å². The molecule has 0 amide bonds. The first kappa shape index (κ1) is 50.7. The van der Waals surface area contributed by atoms with Gasteiger partial charge >= 0.3 is 239 Å². The van der Waals surface area contributed by atoms with Crippen molar-refractivity contribution >= 4 is 10.1 Å². The van der Waals surface area contributed by atoms with Crippen molar-refractivity contribution in [2.75, 3.05) is 0 Å². The van der Waals surface area contributed by atoms with Gasteiger partial charge in [-0.25, -0.2) is 0 Å². The molecule has 0 aliphatic heterocycles. The molecule has 312 valence electrons. The molecule has 0 saturated carbocycles. The first-order valence-corrected chi connectivity index (χ1v) is 26.9. The number of hydrogen-bond donors (Lipinski definition) is 2. The fourth-order valence-corrected chi connectivity index (χ4v) is 11.7. The summed E-state index contributed by atoms with van der Waals surface area (Å²) in [5.41, 5.74) is 3.27. The molecule has 1 rings (SSSR count). The molecule has 0 unspecified atom stereocenters. The minimum Gasteiger partial charge on any atom is -0.0654 e. The first-order valence-electron chi connectivity index (χ1n) is 22.8. The van der Waals surface area contributed by atoms with Crippen LogP contribution in [0.15, 0.2) is 17.0 Å². The second-order valence-corrected chi connectivity index (χ2v) is 20.6. The number of benzene rings is 1. The van der Waals surface area contributed by atoms with Crippen molar-refractivity contribution in [3.8, 4) is 0 Å². The summed E-state index contributed by atoms with van der Waals surface area (Å²) in [7, 11) is -4.43. The molecule has 0 fully saturated rings. The van der Waals surface area contributed by atoms with Gasteiger partial charge in [0.15, 0.2) is 0 Å². The van der Waals surface area contributed by atoms with Gasteiger partial charge in [-0.05, 0) is 0 Å². The predicted molar refractivity (Wildman–Crippen MR) is 222 cm³/mol. The van der Waals surface area contributed by atoms with Gasteiger partial charge in [-0.15, -0.1) is 0 Å². The molecule has 8 heteroatoms. The van der Waals surface area contributed by atoms with Crippen LogP contribution in [-0.4, -0.2) is 21.9 Å². The molecule has 2 N–H and O–H groups in total. The smallest absolute Gasteiger partial charge is 0.0654 e. The van der Waals surface area contributed by atoms with E-state index in [1.807, 2.05) is 6.07 Å². The molecule has 0 saturated heterocycles. The summed E-state index contributed by atoms with van der Waals surface area (Å²) in [5, 5.41) is 0. The van der Waals surface area contributed by atoms with Crippen LogP contribution in [-0.2, 0) is 53.6 Å². The molecule has 0 atom stereocenters. The fourth-order valence-electron chi connectivity index (χ4n) is 7.67. The molecule has 1 aromatic carbocycles. The van der Waals surface area contributed by atoms with E-state index in [9.17, 15) is 15.8 Å². The molecule has 0 bridgehead atoms. The van der Waals surface area contributed by atoms with Gasteiger partial charge in [-0.2, -0.15) is 0 Å². The zero-order valence-corrected chi connectivity index (χ0v) is 37.9. The van der Waals surface area contributed by atoms with E-state index in [-0.39, 0.29) is 4.90 Å². The molecule has 6 nitrogen and oxygen atoms in total. The number of aryl methyl sites for hydroxylation is 1. The molecular weight excluding hydrogens is 716 g/mol. The van der Waals surface area contributed by atoms with E-state index in [0.717, 1.165) is 56.9 Å². The average Bonchev–Trinajstić information content (AvgIpc) is 3.10. The summed E-state index contributed by atoms with van der Waals surface area (Å²) in [6, 6.07) is 3.67. The van der Waals surface area contributed by atoms with Gasteiger partial charge in [0.25, 0.3) is 0 Å².